The van der Waals surface area contributed by atoms with E-state index >= 15 is 0 Å². The van der Waals surface area contributed by atoms with Gasteiger partial charge >= 0.3 is 5.97 Å². The SMILES string of the molecule is CCOC(=O)c1c(/C=C/C(=O)NC(CC)CC)c(C)n(CC)c1C. The van der Waals surface area contributed by atoms with Crippen molar-refractivity contribution < 1.29 is 14.3 Å². The molecule has 0 spiro atoms. The van der Waals surface area contributed by atoms with Gasteiger partial charge in [-0.1, -0.05) is 13.8 Å². The third-order valence-corrected chi connectivity index (χ3v) is 4.36. The number of hydrogen-bond donors (Lipinski definition) is 1. The van der Waals surface area contributed by atoms with E-state index in [9.17, 15) is 9.59 Å². The second kappa shape index (κ2) is 9.30. The molecule has 5 nitrogen and oxygen atoms in total. The molecule has 0 unspecified atom stereocenters. The third-order valence-electron chi connectivity index (χ3n) is 4.36. The average Bonchev–Trinajstić information content (AvgIpc) is 2.80. The first-order chi connectivity index (χ1) is 11.4. The summed E-state index contributed by atoms with van der Waals surface area (Å²) in [5.41, 5.74) is 3.13. The highest BCUT2D eigenvalue weighted by Crippen LogP contribution is 2.24. The number of carbonyl (C=O) groups excluding carboxylic acids is 2. The first-order valence-corrected chi connectivity index (χ1v) is 8.76. The predicted molar refractivity (Wildman–Crippen MR) is 97.1 cm³/mol. The molecule has 0 aliphatic heterocycles. The molecule has 1 aromatic heterocycles. The van der Waals surface area contributed by atoms with Gasteiger partial charge in [0.25, 0.3) is 0 Å². The maximum atomic E-state index is 12.3. The monoisotopic (exact) mass is 334 g/mol. The molecule has 0 fully saturated rings. The van der Waals surface area contributed by atoms with Crippen molar-refractivity contribution >= 4 is 18.0 Å². The van der Waals surface area contributed by atoms with Crippen LogP contribution in [0.25, 0.3) is 6.08 Å². The second-order valence-corrected chi connectivity index (χ2v) is 5.78. The van der Waals surface area contributed by atoms with Crippen molar-refractivity contribution in [3.63, 3.8) is 0 Å². The molecule has 0 saturated carbocycles. The van der Waals surface area contributed by atoms with Crippen LogP contribution in [0.3, 0.4) is 0 Å². The van der Waals surface area contributed by atoms with Crippen molar-refractivity contribution in [1.82, 2.24) is 9.88 Å². The van der Waals surface area contributed by atoms with E-state index in [1.807, 2.05) is 34.6 Å². The van der Waals surface area contributed by atoms with E-state index in [0.29, 0.717) is 12.2 Å². The first-order valence-electron chi connectivity index (χ1n) is 8.76. The molecular formula is C19H30N2O3. The van der Waals surface area contributed by atoms with Crippen molar-refractivity contribution in [2.24, 2.45) is 0 Å². The van der Waals surface area contributed by atoms with Crippen molar-refractivity contribution in [1.29, 1.82) is 0 Å². The Labute approximate surface area is 145 Å². The van der Waals surface area contributed by atoms with Crippen LogP contribution < -0.4 is 5.32 Å². The van der Waals surface area contributed by atoms with E-state index in [2.05, 4.69) is 9.88 Å². The Hall–Kier alpha value is -2.04. The topological polar surface area (TPSA) is 60.3 Å². The summed E-state index contributed by atoms with van der Waals surface area (Å²) in [6.07, 6.45) is 5.02. The number of hydrogen-bond acceptors (Lipinski definition) is 3. The molecule has 134 valence electrons. The van der Waals surface area contributed by atoms with Gasteiger partial charge in [-0.3, -0.25) is 4.79 Å². The molecule has 1 aromatic rings. The molecule has 1 amide bonds. The number of carbonyl (C=O) groups is 2. The van der Waals surface area contributed by atoms with Crippen LogP contribution in [-0.2, 0) is 16.1 Å². The van der Waals surface area contributed by atoms with Gasteiger partial charge in [0.15, 0.2) is 0 Å². The number of amides is 1. The van der Waals surface area contributed by atoms with Gasteiger partial charge in [-0.25, -0.2) is 4.79 Å². The Bertz CT molecular complexity index is 611. The number of nitrogens with one attached hydrogen (secondary N) is 1. The zero-order valence-corrected chi connectivity index (χ0v) is 15.7. The van der Waals surface area contributed by atoms with E-state index in [-0.39, 0.29) is 17.9 Å². The molecule has 0 saturated heterocycles. The minimum absolute atomic E-state index is 0.139. The van der Waals surface area contributed by atoms with Crippen molar-refractivity contribution in [2.75, 3.05) is 6.61 Å². The van der Waals surface area contributed by atoms with Crippen LogP contribution in [0.1, 0.15) is 67.8 Å². The highest BCUT2D eigenvalue weighted by atomic mass is 16.5. The van der Waals surface area contributed by atoms with Gasteiger partial charge in [-0.05, 0) is 46.6 Å². The van der Waals surface area contributed by atoms with Gasteiger partial charge in [-0.15, -0.1) is 0 Å². The highest BCUT2D eigenvalue weighted by molar-refractivity contribution is 5.98. The van der Waals surface area contributed by atoms with Crippen LogP contribution in [0.2, 0.25) is 0 Å². The number of esters is 1. The van der Waals surface area contributed by atoms with E-state index in [1.54, 1.807) is 13.0 Å². The van der Waals surface area contributed by atoms with E-state index in [1.165, 1.54) is 6.08 Å². The van der Waals surface area contributed by atoms with Crippen LogP contribution >= 0.6 is 0 Å². The van der Waals surface area contributed by atoms with Crippen LogP contribution in [0.5, 0.6) is 0 Å². The quantitative estimate of drug-likeness (QED) is 0.583. The largest absolute Gasteiger partial charge is 0.462 e. The predicted octanol–water partition coefficient (Wildman–Crippen LogP) is 3.62. The van der Waals surface area contributed by atoms with Gasteiger partial charge in [-0.2, -0.15) is 0 Å². The Morgan fingerprint density at radius 3 is 2.25 bits per heavy atom. The molecule has 5 heteroatoms. The lowest BCUT2D eigenvalue weighted by Gasteiger charge is -2.12. The molecule has 0 atom stereocenters. The fourth-order valence-electron chi connectivity index (χ4n) is 2.95. The normalized spacial score (nSPS) is 11.3. The van der Waals surface area contributed by atoms with Gasteiger partial charge < -0.3 is 14.6 Å². The van der Waals surface area contributed by atoms with Crippen molar-refractivity contribution in [3.8, 4) is 0 Å². The molecule has 0 aliphatic carbocycles. The fraction of sp³-hybridized carbons (Fsp3) is 0.579. The molecule has 1 rings (SSSR count). The van der Waals surface area contributed by atoms with Crippen molar-refractivity contribution in [3.05, 3.63) is 28.6 Å². The summed E-state index contributed by atoms with van der Waals surface area (Å²) in [6.45, 7) is 12.9. The lowest BCUT2D eigenvalue weighted by atomic mass is 10.1. The summed E-state index contributed by atoms with van der Waals surface area (Å²) in [6, 6.07) is 0.176. The Balaban J connectivity index is 3.16. The van der Waals surface area contributed by atoms with E-state index in [4.69, 9.17) is 4.74 Å². The van der Waals surface area contributed by atoms with Crippen LogP contribution in [0.4, 0.5) is 0 Å². The van der Waals surface area contributed by atoms with E-state index < -0.39 is 0 Å². The van der Waals surface area contributed by atoms with Gasteiger partial charge in [0.05, 0.1) is 12.2 Å². The Kier molecular flexibility index (Phi) is 7.75. The average molecular weight is 334 g/mol. The maximum absolute atomic E-state index is 12.3. The van der Waals surface area contributed by atoms with Gasteiger partial charge in [0.1, 0.15) is 0 Å². The zero-order chi connectivity index (χ0) is 18.3. The summed E-state index contributed by atoms with van der Waals surface area (Å²) in [7, 11) is 0. The molecule has 0 aliphatic rings. The van der Waals surface area contributed by atoms with Crippen LogP contribution in [0, 0.1) is 13.8 Å². The lowest BCUT2D eigenvalue weighted by molar-refractivity contribution is -0.117. The molecule has 0 radical (unpaired) electrons. The van der Waals surface area contributed by atoms with E-state index in [0.717, 1.165) is 36.3 Å². The highest BCUT2D eigenvalue weighted by Gasteiger charge is 2.22. The molecule has 0 aromatic carbocycles. The molecule has 1 heterocycles. The van der Waals surface area contributed by atoms with Crippen LogP contribution in [0.15, 0.2) is 6.08 Å². The zero-order valence-electron chi connectivity index (χ0n) is 15.7. The van der Waals surface area contributed by atoms with Crippen molar-refractivity contribution in [2.45, 2.75) is 67.0 Å². The number of rotatable bonds is 8. The summed E-state index contributed by atoms with van der Waals surface area (Å²) in [5.74, 6) is -0.481. The Morgan fingerprint density at radius 2 is 1.75 bits per heavy atom. The summed E-state index contributed by atoms with van der Waals surface area (Å²) in [4.78, 5) is 24.4. The minimum Gasteiger partial charge on any atom is -0.462 e. The standard InChI is InChI=1S/C19H30N2O3/c1-7-15(8-2)20-17(22)12-11-16-13(5)21(9-3)14(6)18(16)19(23)24-10-4/h11-12,15H,7-10H2,1-6H3,(H,20,22)/b12-11+. The molecule has 24 heavy (non-hydrogen) atoms. The van der Waals surface area contributed by atoms with Crippen LogP contribution in [-0.4, -0.2) is 29.1 Å². The maximum Gasteiger partial charge on any atom is 0.340 e. The smallest absolute Gasteiger partial charge is 0.340 e. The molecule has 1 N–H and O–H groups in total. The second-order valence-electron chi connectivity index (χ2n) is 5.78. The summed E-state index contributed by atoms with van der Waals surface area (Å²) < 4.78 is 7.24. The lowest BCUT2D eigenvalue weighted by Crippen LogP contribution is -2.32. The fourth-order valence-corrected chi connectivity index (χ4v) is 2.95. The molecule has 0 bridgehead atoms. The molecular weight excluding hydrogens is 304 g/mol. The van der Waals surface area contributed by atoms with Gasteiger partial charge in [0, 0.05) is 35.6 Å². The summed E-state index contributed by atoms with van der Waals surface area (Å²) in [5, 5.41) is 2.97. The summed E-state index contributed by atoms with van der Waals surface area (Å²) >= 11 is 0. The minimum atomic E-state index is -0.342. The van der Waals surface area contributed by atoms with Gasteiger partial charge in [0.2, 0.25) is 5.91 Å². The number of ether oxygens (including phenoxy) is 1. The third kappa shape index (κ3) is 4.49. The Morgan fingerprint density at radius 1 is 1.12 bits per heavy atom. The number of aromatic nitrogens is 1. The number of nitrogens with zero attached hydrogens (tertiary/aromatic N) is 1. The first kappa shape index (κ1) is 20.0.